The lowest BCUT2D eigenvalue weighted by atomic mass is 10.1. The van der Waals surface area contributed by atoms with Crippen LogP contribution in [-0.2, 0) is 14.8 Å². The van der Waals surface area contributed by atoms with Gasteiger partial charge in [-0.15, -0.1) is 0 Å². The van der Waals surface area contributed by atoms with Gasteiger partial charge in [-0.05, 0) is 43.9 Å². The Hall–Kier alpha value is -1.93. The minimum atomic E-state index is -3.25. The van der Waals surface area contributed by atoms with Crippen molar-refractivity contribution in [1.29, 1.82) is 0 Å². The average molecular weight is 365 g/mol. The summed E-state index contributed by atoms with van der Waals surface area (Å²) >= 11 is 0. The first-order valence-corrected chi connectivity index (χ1v) is 10.3. The van der Waals surface area contributed by atoms with E-state index in [1.807, 2.05) is 0 Å². The number of anilines is 1. The molecule has 1 aliphatic carbocycles. The van der Waals surface area contributed by atoms with Gasteiger partial charge in [-0.2, -0.15) is 0 Å². The zero-order valence-corrected chi connectivity index (χ0v) is 15.0. The monoisotopic (exact) mass is 365 g/mol. The van der Waals surface area contributed by atoms with Gasteiger partial charge < -0.3 is 10.6 Å². The minimum Gasteiger partial charge on any atom is -0.348 e. The van der Waals surface area contributed by atoms with Gasteiger partial charge in [-0.1, -0.05) is 6.07 Å². The Morgan fingerprint density at radius 2 is 1.96 bits per heavy atom. The van der Waals surface area contributed by atoms with E-state index in [9.17, 15) is 18.0 Å². The number of carbonyl (C=O) groups is 2. The first-order chi connectivity index (χ1) is 11.8. The predicted molar refractivity (Wildman–Crippen MR) is 94.7 cm³/mol. The zero-order chi connectivity index (χ0) is 18.0. The molecule has 0 radical (unpaired) electrons. The van der Waals surface area contributed by atoms with Crippen molar-refractivity contribution in [3.8, 4) is 0 Å². The molecule has 8 heteroatoms. The molecule has 0 bridgehead atoms. The molecular weight excluding hydrogens is 342 g/mol. The molecule has 2 aliphatic rings. The lowest BCUT2D eigenvalue weighted by Crippen LogP contribution is -2.49. The van der Waals surface area contributed by atoms with Crippen molar-refractivity contribution in [3.05, 3.63) is 29.8 Å². The number of hydrogen-bond donors (Lipinski definition) is 2. The molecule has 7 nitrogen and oxygen atoms in total. The van der Waals surface area contributed by atoms with Crippen LogP contribution in [0.4, 0.5) is 5.69 Å². The van der Waals surface area contributed by atoms with Crippen molar-refractivity contribution in [2.24, 2.45) is 5.92 Å². The molecule has 0 aromatic heterocycles. The van der Waals surface area contributed by atoms with Crippen LogP contribution in [0.25, 0.3) is 0 Å². The summed E-state index contributed by atoms with van der Waals surface area (Å²) in [5.41, 5.74) is 1.05. The van der Waals surface area contributed by atoms with E-state index in [0.29, 0.717) is 24.3 Å². The maximum atomic E-state index is 12.5. The SMILES string of the molecule is CS(=O)(=O)N1CCCC(NC(=O)c2cccc(NC(=O)C3CC3)c2)C1. The molecule has 1 aliphatic heterocycles. The van der Waals surface area contributed by atoms with Crippen LogP contribution in [0, 0.1) is 5.92 Å². The Morgan fingerprint density at radius 1 is 1.20 bits per heavy atom. The van der Waals surface area contributed by atoms with E-state index in [-0.39, 0.29) is 23.8 Å². The fourth-order valence-electron chi connectivity index (χ4n) is 2.96. The third-order valence-electron chi connectivity index (χ3n) is 4.53. The second-order valence-corrected chi connectivity index (χ2v) is 8.76. The van der Waals surface area contributed by atoms with Crippen LogP contribution >= 0.6 is 0 Å². The highest BCUT2D eigenvalue weighted by Crippen LogP contribution is 2.30. The number of amides is 2. The quantitative estimate of drug-likeness (QED) is 0.819. The Bertz CT molecular complexity index is 774. The first-order valence-electron chi connectivity index (χ1n) is 8.50. The molecule has 1 aromatic carbocycles. The highest BCUT2D eigenvalue weighted by molar-refractivity contribution is 7.88. The molecule has 2 N–H and O–H groups in total. The third kappa shape index (κ3) is 4.79. The Kier molecular flexibility index (Phi) is 5.10. The van der Waals surface area contributed by atoms with Gasteiger partial charge in [0.2, 0.25) is 15.9 Å². The normalized spacial score (nSPS) is 21.6. The predicted octanol–water partition coefficient (Wildman–Crippen LogP) is 1.19. The van der Waals surface area contributed by atoms with E-state index in [2.05, 4.69) is 10.6 Å². The number of nitrogens with one attached hydrogen (secondary N) is 2. The minimum absolute atomic E-state index is 0.00590. The summed E-state index contributed by atoms with van der Waals surface area (Å²) in [4.78, 5) is 24.3. The molecule has 1 unspecified atom stereocenters. The second-order valence-electron chi connectivity index (χ2n) is 6.78. The Labute approximate surface area is 147 Å². The maximum absolute atomic E-state index is 12.5. The van der Waals surface area contributed by atoms with Gasteiger partial charge in [-0.25, -0.2) is 12.7 Å². The smallest absolute Gasteiger partial charge is 0.251 e. The second kappa shape index (κ2) is 7.13. The van der Waals surface area contributed by atoms with Crippen LogP contribution in [0.1, 0.15) is 36.0 Å². The summed E-state index contributed by atoms with van der Waals surface area (Å²) in [5.74, 6) is -0.168. The standard InChI is InChI=1S/C17H23N3O4S/c1-25(23,24)20-9-3-6-15(11-20)19-17(22)13-4-2-5-14(10-13)18-16(21)12-7-8-12/h2,4-5,10,12,15H,3,6-9,11H2,1H3,(H,18,21)(H,19,22). The summed E-state index contributed by atoms with van der Waals surface area (Å²) in [6, 6.07) is 6.59. The van der Waals surface area contributed by atoms with Crippen molar-refractivity contribution in [3.63, 3.8) is 0 Å². The summed E-state index contributed by atoms with van der Waals surface area (Å²) < 4.78 is 24.7. The molecule has 2 fully saturated rings. The van der Waals surface area contributed by atoms with E-state index in [4.69, 9.17) is 0 Å². The topological polar surface area (TPSA) is 95.6 Å². The summed E-state index contributed by atoms with van der Waals surface area (Å²) in [6.07, 6.45) is 4.49. The average Bonchev–Trinajstić information content (AvgIpc) is 3.39. The number of carbonyl (C=O) groups excluding carboxylic acids is 2. The molecule has 2 amide bonds. The van der Waals surface area contributed by atoms with E-state index >= 15 is 0 Å². The van der Waals surface area contributed by atoms with Gasteiger partial charge in [0.1, 0.15) is 0 Å². The van der Waals surface area contributed by atoms with Gasteiger partial charge in [-0.3, -0.25) is 9.59 Å². The molecule has 1 aromatic rings. The Balaban J connectivity index is 1.61. The van der Waals surface area contributed by atoms with E-state index < -0.39 is 10.0 Å². The molecular formula is C17H23N3O4S. The number of benzene rings is 1. The maximum Gasteiger partial charge on any atom is 0.251 e. The van der Waals surface area contributed by atoms with Crippen LogP contribution in [-0.4, -0.2) is 49.9 Å². The molecule has 3 rings (SSSR count). The number of piperidine rings is 1. The van der Waals surface area contributed by atoms with Crippen molar-refractivity contribution < 1.29 is 18.0 Å². The summed E-state index contributed by atoms with van der Waals surface area (Å²) in [5, 5.41) is 5.72. The van der Waals surface area contributed by atoms with Gasteiger partial charge in [0.25, 0.3) is 5.91 Å². The van der Waals surface area contributed by atoms with Crippen molar-refractivity contribution in [2.75, 3.05) is 24.7 Å². The molecule has 0 spiro atoms. The van der Waals surface area contributed by atoms with Crippen LogP contribution in [0.3, 0.4) is 0 Å². The highest BCUT2D eigenvalue weighted by atomic mass is 32.2. The van der Waals surface area contributed by atoms with E-state index in [0.717, 1.165) is 25.7 Å². The molecule has 1 saturated carbocycles. The Morgan fingerprint density at radius 3 is 2.64 bits per heavy atom. The number of nitrogens with zero attached hydrogens (tertiary/aromatic N) is 1. The number of sulfonamides is 1. The molecule has 1 saturated heterocycles. The van der Waals surface area contributed by atoms with Crippen LogP contribution in [0.5, 0.6) is 0 Å². The number of hydrogen-bond acceptors (Lipinski definition) is 4. The zero-order valence-electron chi connectivity index (χ0n) is 14.2. The molecule has 25 heavy (non-hydrogen) atoms. The van der Waals surface area contributed by atoms with Gasteiger partial charge in [0.15, 0.2) is 0 Å². The van der Waals surface area contributed by atoms with E-state index in [1.54, 1.807) is 24.3 Å². The van der Waals surface area contributed by atoms with Crippen molar-refractivity contribution >= 4 is 27.5 Å². The van der Waals surface area contributed by atoms with E-state index in [1.165, 1.54) is 10.6 Å². The fraction of sp³-hybridized carbons (Fsp3) is 0.529. The van der Waals surface area contributed by atoms with Gasteiger partial charge >= 0.3 is 0 Å². The van der Waals surface area contributed by atoms with Crippen LogP contribution in [0.15, 0.2) is 24.3 Å². The van der Waals surface area contributed by atoms with Gasteiger partial charge in [0, 0.05) is 36.3 Å². The van der Waals surface area contributed by atoms with Crippen molar-refractivity contribution in [1.82, 2.24) is 9.62 Å². The first kappa shape index (κ1) is 17.9. The lowest BCUT2D eigenvalue weighted by molar-refractivity contribution is -0.117. The molecule has 1 atom stereocenters. The highest BCUT2D eigenvalue weighted by Gasteiger charge is 2.30. The third-order valence-corrected chi connectivity index (χ3v) is 5.80. The van der Waals surface area contributed by atoms with Gasteiger partial charge in [0.05, 0.1) is 6.26 Å². The van der Waals surface area contributed by atoms with Crippen LogP contribution in [0.2, 0.25) is 0 Å². The lowest BCUT2D eigenvalue weighted by Gasteiger charge is -2.31. The summed E-state index contributed by atoms with van der Waals surface area (Å²) in [7, 11) is -3.25. The largest absolute Gasteiger partial charge is 0.348 e. The summed E-state index contributed by atoms with van der Waals surface area (Å²) in [6.45, 7) is 0.788. The molecule has 136 valence electrons. The fourth-order valence-corrected chi connectivity index (χ4v) is 3.87. The molecule has 1 heterocycles. The number of rotatable bonds is 5. The van der Waals surface area contributed by atoms with Crippen LogP contribution < -0.4 is 10.6 Å². The van der Waals surface area contributed by atoms with Crippen molar-refractivity contribution in [2.45, 2.75) is 31.7 Å².